The molecule has 0 aliphatic carbocycles. The first-order chi connectivity index (χ1) is 5.90. The van der Waals surface area contributed by atoms with Gasteiger partial charge in [0.15, 0.2) is 0 Å². The molecule has 12 heavy (non-hydrogen) atoms. The highest BCUT2D eigenvalue weighted by Crippen LogP contribution is 2.24. The molecule has 3 heteroatoms. The molecule has 1 aromatic carbocycles. The van der Waals surface area contributed by atoms with Crippen molar-refractivity contribution in [3.8, 4) is 0 Å². The third kappa shape index (κ3) is 1.23. The van der Waals surface area contributed by atoms with Gasteiger partial charge in [0.25, 0.3) is 0 Å². The monoisotopic (exact) mass is 163 g/mol. The van der Waals surface area contributed by atoms with Crippen LogP contribution in [0, 0.1) is 0 Å². The van der Waals surface area contributed by atoms with Crippen LogP contribution in [0.1, 0.15) is 0 Å². The largest absolute Gasteiger partial charge is 0.381 e. The summed E-state index contributed by atoms with van der Waals surface area (Å²) in [6.45, 7) is 0.641. The van der Waals surface area contributed by atoms with Gasteiger partial charge in [0.2, 0.25) is 0 Å². The summed E-state index contributed by atoms with van der Waals surface area (Å²) in [7, 11) is 0. The van der Waals surface area contributed by atoms with E-state index in [4.69, 9.17) is 0 Å². The molecule has 1 heterocycles. The number of anilines is 2. The SMILES string of the molecule is [O]CC1CNc2ccccc2N1. The van der Waals surface area contributed by atoms with Crippen molar-refractivity contribution >= 4 is 11.4 Å². The molecule has 1 aromatic rings. The van der Waals surface area contributed by atoms with Crippen molar-refractivity contribution in [2.75, 3.05) is 23.8 Å². The van der Waals surface area contributed by atoms with Crippen LogP contribution in [-0.2, 0) is 5.11 Å². The summed E-state index contributed by atoms with van der Waals surface area (Å²) in [5.41, 5.74) is 2.12. The molecule has 1 aliphatic rings. The number of nitrogens with one attached hydrogen (secondary N) is 2. The molecular formula is C9H11N2O. The molecule has 2 N–H and O–H groups in total. The summed E-state index contributed by atoms with van der Waals surface area (Å²) in [5.74, 6) is 0. The lowest BCUT2D eigenvalue weighted by atomic mass is 10.1. The Morgan fingerprint density at radius 2 is 2.08 bits per heavy atom. The van der Waals surface area contributed by atoms with E-state index < -0.39 is 0 Å². The molecule has 0 fully saturated rings. The minimum absolute atomic E-state index is 0.0277. The summed E-state index contributed by atoms with van der Waals surface area (Å²) in [6, 6.07) is 7.94. The molecule has 63 valence electrons. The van der Waals surface area contributed by atoms with E-state index >= 15 is 0 Å². The number of benzene rings is 1. The van der Waals surface area contributed by atoms with Gasteiger partial charge in [0.1, 0.15) is 6.61 Å². The van der Waals surface area contributed by atoms with Gasteiger partial charge in [-0.3, -0.25) is 0 Å². The third-order valence-corrected chi connectivity index (χ3v) is 2.03. The molecule has 1 radical (unpaired) electrons. The molecule has 0 aromatic heterocycles. The van der Waals surface area contributed by atoms with Gasteiger partial charge >= 0.3 is 0 Å². The number of para-hydroxylation sites is 2. The molecule has 0 saturated carbocycles. The fourth-order valence-corrected chi connectivity index (χ4v) is 1.37. The Balaban J connectivity index is 2.23. The van der Waals surface area contributed by atoms with Gasteiger partial charge in [-0.15, -0.1) is 0 Å². The Morgan fingerprint density at radius 1 is 1.33 bits per heavy atom. The maximum Gasteiger partial charge on any atom is 0.104 e. The molecule has 0 saturated heterocycles. The zero-order valence-corrected chi connectivity index (χ0v) is 6.71. The summed E-state index contributed by atoms with van der Waals surface area (Å²) in [6.07, 6.45) is 0. The lowest BCUT2D eigenvalue weighted by molar-refractivity contribution is 0.181. The first-order valence-corrected chi connectivity index (χ1v) is 4.07. The lowest BCUT2D eigenvalue weighted by Crippen LogP contribution is -2.35. The second-order valence-electron chi connectivity index (χ2n) is 2.93. The molecule has 1 unspecified atom stereocenters. The third-order valence-electron chi connectivity index (χ3n) is 2.03. The van der Waals surface area contributed by atoms with E-state index in [1.807, 2.05) is 24.3 Å². The molecule has 2 rings (SSSR count). The van der Waals surface area contributed by atoms with Crippen molar-refractivity contribution in [2.45, 2.75) is 6.04 Å². The summed E-state index contributed by atoms with van der Waals surface area (Å²) in [4.78, 5) is 0. The van der Waals surface area contributed by atoms with E-state index in [1.54, 1.807) is 0 Å². The second kappa shape index (κ2) is 3.03. The van der Waals surface area contributed by atoms with Crippen molar-refractivity contribution in [3.63, 3.8) is 0 Å². The van der Waals surface area contributed by atoms with Gasteiger partial charge in [-0.2, -0.15) is 0 Å². The minimum Gasteiger partial charge on any atom is -0.381 e. The molecule has 3 nitrogen and oxygen atoms in total. The van der Waals surface area contributed by atoms with Crippen LogP contribution in [0.3, 0.4) is 0 Å². The number of rotatable bonds is 1. The van der Waals surface area contributed by atoms with Crippen LogP contribution in [0.15, 0.2) is 24.3 Å². The summed E-state index contributed by atoms with van der Waals surface area (Å²) < 4.78 is 0. The van der Waals surface area contributed by atoms with Crippen LogP contribution in [0.5, 0.6) is 0 Å². The Morgan fingerprint density at radius 3 is 2.83 bits per heavy atom. The molecule has 0 bridgehead atoms. The smallest absolute Gasteiger partial charge is 0.104 e. The van der Waals surface area contributed by atoms with Crippen molar-refractivity contribution in [1.82, 2.24) is 0 Å². The highest BCUT2D eigenvalue weighted by atomic mass is 16.3. The fraction of sp³-hybridized carbons (Fsp3) is 0.333. The van der Waals surface area contributed by atoms with Crippen LogP contribution in [0.2, 0.25) is 0 Å². The Kier molecular flexibility index (Phi) is 1.87. The van der Waals surface area contributed by atoms with Crippen molar-refractivity contribution < 1.29 is 5.11 Å². The molecule has 0 amide bonds. The molecular weight excluding hydrogens is 152 g/mol. The van der Waals surface area contributed by atoms with Crippen LogP contribution in [-0.4, -0.2) is 19.2 Å². The van der Waals surface area contributed by atoms with E-state index in [0.717, 1.165) is 17.9 Å². The van der Waals surface area contributed by atoms with Crippen LogP contribution in [0.4, 0.5) is 11.4 Å². The van der Waals surface area contributed by atoms with Crippen LogP contribution in [0.25, 0.3) is 0 Å². The quantitative estimate of drug-likeness (QED) is 0.655. The van der Waals surface area contributed by atoms with Gasteiger partial charge in [-0.25, -0.2) is 5.11 Å². The van der Waals surface area contributed by atoms with Gasteiger partial charge < -0.3 is 10.6 Å². The number of hydrogen-bond acceptors (Lipinski definition) is 2. The Bertz CT molecular complexity index is 275. The first-order valence-electron chi connectivity index (χ1n) is 4.07. The molecule has 0 spiro atoms. The van der Waals surface area contributed by atoms with Crippen molar-refractivity contribution in [2.24, 2.45) is 0 Å². The average molecular weight is 163 g/mol. The maximum absolute atomic E-state index is 10.6. The number of fused-ring (bicyclic) bond motifs is 1. The fourth-order valence-electron chi connectivity index (χ4n) is 1.37. The highest BCUT2D eigenvalue weighted by molar-refractivity contribution is 5.70. The van der Waals surface area contributed by atoms with Crippen LogP contribution < -0.4 is 10.6 Å². The van der Waals surface area contributed by atoms with E-state index in [1.165, 1.54) is 0 Å². The Hall–Kier alpha value is -1.22. The van der Waals surface area contributed by atoms with Crippen LogP contribution >= 0.6 is 0 Å². The van der Waals surface area contributed by atoms with E-state index in [-0.39, 0.29) is 12.6 Å². The zero-order valence-electron chi connectivity index (χ0n) is 6.71. The predicted molar refractivity (Wildman–Crippen MR) is 47.9 cm³/mol. The van der Waals surface area contributed by atoms with E-state index in [0.29, 0.717) is 0 Å². The normalized spacial score (nSPS) is 20.6. The lowest BCUT2D eigenvalue weighted by Gasteiger charge is -2.26. The molecule has 1 aliphatic heterocycles. The van der Waals surface area contributed by atoms with Crippen molar-refractivity contribution in [3.05, 3.63) is 24.3 Å². The van der Waals surface area contributed by atoms with Crippen molar-refractivity contribution in [1.29, 1.82) is 0 Å². The standard InChI is InChI=1S/C9H11N2O/c12-6-7-5-10-8-3-1-2-4-9(8)11-7/h1-4,7,10-11H,5-6H2. The van der Waals surface area contributed by atoms with Gasteiger partial charge in [0.05, 0.1) is 17.4 Å². The average Bonchev–Trinajstić information content (AvgIpc) is 2.17. The highest BCUT2D eigenvalue weighted by Gasteiger charge is 2.15. The van der Waals surface area contributed by atoms with Gasteiger partial charge in [0, 0.05) is 6.54 Å². The van der Waals surface area contributed by atoms with Gasteiger partial charge in [-0.1, -0.05) is 12.1 Å². The second-order valence-corrected chi connectivity index (χ2v) is 2.93. The molecule has 1 atom stereocenters. The predicted octanol–water partition coefficient (Wildman–Crippen LogP) is 1.32. The topological polar surface area (TPSA) is 44.0 Å². The minimum atomic E-state index is -0.0820. The summed E-state index contributed by atoms with van der Waals surface area (Å²) in [5, 5.41) is 17.0. The first kappa shape index (κ1) is 7.43. The zero-order chi connectivity index (χ0) is 8.39. The van der Waals surface area contributed by atoms with E-state index in [9.17, 15) is 5.11 Å². The summed E-state index contributed by atoms with van der Waals surface area (Å²) >= 11 is 0. The van der Waals surface area contributed by atoms with E-state index in [2.05, 4.69) is 10.6 Å². The number of hydrogen-bond donors (Lipinski definition) is 2. The van der Waals surface area contributed by atoms with Gasteiger partial charge in [-0.05, 0) is 12.1 Å². The maximum atomic E-state index is 10.6. The Labute approximate surface area is 71.4 Å².